The van der Waals surface area contributed by atoms with Crippen molar-refractivity contribution in [3.8, 4) is 0 Å². The van der Waals surface area contributed by atoms with Crippen molar-refractivity contribution in [2.75, 3.05) is 37.3 Å². The van der Waals surface area contributed by atoms with Gasteiger partial charge in [-0.25, -0.2) is 4.79 Å². The molecule has 2 aromatic carbocycles. The number of hydrogen-bond acceptors (Lipinski definition) is 6. The van der Waals surface area contributed by atoms with Gasteiger partial charge in [-0.15, -0.1) is 0 Å². The Hall–Kier alpha value is -2.68. The second-order valence-electron chi connectivity index (χ2n) is 8.24. The highest BCUT2D eigenvalue weighted by Crippen LogP contribution is 2.33. The van der Waals surface area contributed by atoms with E-state index in [0.29, 0.717) is 59.1 Å². The third-order valence-corrected chi connectivity index (χ3v) is 6.52. The Morgan fingerprint density at radius 3 is 2.41 bits per heavy atom. The number of nitrogens with one attached hydrogen (secondary N) is 1. The number of likely N-dealkylation sites (tertiary alicyclic amines) is 2. The lowest BCUT2D eigenvalue weighted by Gasteiger charge is -2.33. The fraction of sp³-hybridized carbons (Fsp3) is 0.364. The van der Waals surface area contributed by atoms with Crippen LogP contribution in [0.5, 0.6) is 0 Å². The Morgan fingerprint density at radius 1 is 1.03 bits per heavy atom. The molecular weight excluding hydrogens is 453 g/mol. The van der Waals surface area contributed by atoms with Crippen LogP contribution in [0.4, 0.5) is 16.2 Å². The molecule has 0 aromatic heterocycles. The molecule has 2 amide bonds. The van der Waals surface area contributed by atoms with Gasteiger partial charge < -0.3 is 25.7 Å². The molecule has 2 fully saturated rings. The Morgan fingerprint density at radius 2 is 1.72 bits per heavy atom. The van der Waals surface area contributed by atoms with Crippen LogP contribution in [0.3, 0.4) is 0 Å². The summed E-state index contributed by atoms with van der Waals surface area (Å²) in [5.74, 6) is 5.91. The van der Waals surface area contributed by atoms with Crippen LogP contribution in [0.1, 0.15) is 22.3 Å². The largest absolute Gasteiger partial charge is 0.445 e. The second kappa shape index (κ2) is 9.44. The highest BCUT2D eigenvalue weighted by Gasteiger charge is 2.40. The number of nitrogen functional groups attached to an aromatic ring is 2. The van der Waals surface area contributed by atoms with E-state index in [0.717, 1.165) is 12.0 Å². The molecule has 4 rings (SSSR count). The van der Waals surface area contributed by atoms with Gasteiger partial charge in [0.2, 0.25) is 0 Å². The van der Waals surface area contributed by atoms with E-state index < -0.39 is 0 Å². The average Bonchev–Trinajstić information content (AvgIpc) is 3.19. The number of ether oxygens (including phenoxy) is 1. The molecule has 8 nitrogen and oxygen atoms in total. The Balaban J connectivity index is 1.33. The van der Waals surface area contributed by atoms with Crippen molar-refractivity contribution in [1.29, 1.82) is 0 Å². The molecule has 2 aliphatic rings. The van der Waals surface area contributed by atoms with Crippen LogP contribution in [0, 0.1) is 11.8 Å². The molecule has 2 saturated heterocycles. The summed E-state index contributed by atoms with van der Waals surface area (Å²) in [7, 11) is 0. The second-order valence-corrected chi connectivity index (χ2v) is 9.12. The van der Waals surface area contributed by atoms with Gasteiger partial charge in [0.05, 0.1) is 11.4 Å². The average molecular weight is 478 g/mol. The van der Waals surface area contributed by atoms with Gasteiger partial charge in [-0.3, -0.25) is 10.6 Å². The van der Waals surface area contributed by atoms with Gasteiger partial charge in [-0.05, 0) is 60.2 Å². The first kappa shape index (κ1) is 22.5. The number of hydrogen-bond donors (Lipinski definition) is 3. The molecule has 10 heteroatoms. The van der Waals surface area contributed by atoms with Crippen molar-refractivity contribution in [2.24, 2.45) is 17.7 Å². The summed E-state index contributed by atoms with van der Waals surface area (Å²) in [6.45, 7) is 2.52. The van der Waals surface area contributed by atoms with E-state index in [2.05, 4.69) is 5.43 Å². The van der Waals surface area contributed by atoms with E-state index in [1.54, 1.807) is 41.3 Å². The maximum absolute atomic E-state index is 13.0. The predicted molar refractivity (Wildman–Crippen MR) is 124 cm³/mol. The van der Waals surface area contributed by atoms with Gasteiger partial charge in [0.1, 0.15) is 6.61 Å². The molecule has 2 unspecified atom stereocenters. The number of benzene rings is 2. The van der Waals surface area contributed by atoms with Gasteiger partial charge in [0.25, 0.3) is 5.91 Å². The number of piperidine rings is 1. The third kappa shape index (κ3) is 4.87. The summed E-state index contributed by atoms with van der Waals surface area (Å²) in [5.41, 5.74) is 10.7. The highest BCUT2D eigenvalue weighted by atomic mass is 35.5. The van der Waals surface area contributed by atoms with E-state index in [4.69, 9.17) is 39.5 Å². The van der Waals surface area contributed by atoms with Crippen molar-refractivity contribution in [3.05, 3.63) is 57.6 Å². The summed E-state index contributed by atoms with van der Waals surface area (Å²) in [4.78, 5) is 29.1. The first-order chi connectivity index (χ1) is 15.3. The van der Waals surface area contributed by atoms with Gasteiger partial charge >= 0.3 is 6.09 Å². The molecule has 2 atom stereocenters. The van der Waals surface area contributed by atoms with Crippen LogP contribution in [-0.2, 0) is 11.3 Å². The minimum Gasteiger partial charge on any atom is -0.445 e. The SMILES string of the molecule is NNc1ccc(C(=O)N2CC3CCN(C(=O)OCc4cc(Cl)cc(Cl)c4)CC3C2)cc1N. The minimum absolute atomic E-state index is 0.0679. The number of rotatable bonds is 4. The fourth-order valence-corrected chi connectivity index (χ4v) is 5.01. The first-order valence-electron chi connectivity index (χ1n) is 10.4. The van der Waals surface area contributed by atoms with Crippen molar-refractivity contribution < 1.29 is 14.3 Å². The number of hydrazine groups is 1. The maximum atomic E-state index is 13.0. The van der Waals surface area contributed by atoms with Crippen molar-refractivity contribution in [1.82, 2.24) is 9.80 Å². The standard InChI is InChI=1S/C22H25Cl2N5O3/c23-17-5-13(6-18(24)8-17)12-32-22(31)28-4-3-15-9-29(11-16(15)10-28)21(30)14-1-2-20(27-26)19(25)7-14/h1-2,5-8,15-16,27H,3-4,9-12,25-26H2. The molecule has 2 aliphatic heterocycles. The van der Waals surface area contributed by atoms with Crippen LogP contribution in [-0.4, -0.2) is 48.0 Å². The zero-order chi connectivity index (χ0) is 22.8. The zero-order valence-electron chi connectivity index (χ0n) is 17.4. The van der Waals surface area contributed by atoms with E-state index in [-0.39, 0.29) is 24.5 Å². The van der Waals surface area contributed by atoms with E-state index in [1.807, 2.05) is 4.90 Å². The lowest BCUT2D eigenvalue weighted by Crippen LogP contribution is -2.43. The van der Waals surface area contributed by atoms with Gasteiger partial charge in [0, 0.05) is 41.8 Å². The smallest absolute Gasteiger partial charge is 0.410 e. The molecule has 0 spiro atoms. The number of halogens is 2. The van der Waals surface area contributed by atoms with Gasteiger partial charge in [0.15, 0.2) is 0 Å². The lowest BCUT2D eigenvalue weighted by atomic mass is 9.89. The summed E-state index contributed by atoms with van der Waals surface area (Å²) in [5, 5.41) is 0.992. The summed E-state index contributed by atoms with van der Waals surface area (Å²) < 4.78 is 5.46. The number of anilines is 2. The summed E-state index contributed by atoms with van der Waals surface area (Å²) in [6.07, 6.45) is 0.451. The zero-order valence-corrected chi connectivity index (χ0v) is 18.9. The third-order valence-electron chi connectivity index (χ3n) is 6.09. The molecule has 0 bridgehead atoms. The maximum Gasteiger partial charge on any atom is 0.410 e. The monoisotopic (exact) mass is 477 g/mol. The van der Waals surface area contributed by atoms with Crippen LogP contribution in [0.25, 0.3) is 0 Å². The number of nitrogens with two attached hydrogens (primary N) is 2. The van der Waals surface area contributed by atoms with Crippen molar-refractivity contribution in [3.63, 3.8) is 0 Å². The van der Waals surface area contributed by atoms with Crippen LogP contribution >= 0.6 is 23.2 Å². The molecule has 2 heterocycles. The number of fused-ring (bicyclic) bond motifs is 1. The number of carbonyl (C=O) groups is 2. The number of amides is 2. The van der Waals surface area contributed by atoms with Gasteiger partial charge in [-0.1, -0.05) is 23.2 Å². The molecule has 0 radical (unpaired) electrons. The highest BCUT2D eigenvalue weighted by molar-refractivity contribution is 6.34. The van der Waals surface area contributed by atoms with Crippen LogP contribution in [0.2, 0.25) is 10.0 Å². The molecule has 2 aromatic rings. The Bertz CT molecular complexity index is 1010. The lowest BCUT2D eigenvalue weighted by molar-refractivity contribution is 0.0729. The van der Waals surface area contributed by atoms with Crippen molar-refractivity contribution >= 4 is 46.6 Å². The first-order valence-corrected chi connectivity index (χ1v) is 11.1. The van der Waals surface area contributed by atoms with Crippen molar-refractivity contribution in [2.45, 2.75) is 13.0 Å². The normalized spacial score (nSPS) is 20.1. The summed E-state index contributed by atoms with van der Waals surface area (Å²) in [6, 6.07) is 10.1. The van der Waals surface area contributed by atoms with Gasteiger partial charge in [-0.2, -0.15) is 0 Å². The minimum atomic E-state index is -0.373. The van der Waals surface area contributed by atoms with E-state index >= 15 is 0 Å². The van der Waals surface area contributed by atoms with E-state index in [9.17, 15) is 9.59 Å². The summed E-state index contributed by atoms with van der Waals surface area (Å²) >= 11 is 12.0. The predicted octanol–water partition coefficient (Wildman–Crippen LogP) is 3.59. The molecule has 0 aliphatic carbocycles. The fourth-order valence-electron chi connectivity index (χ4n) is 4.44. The molecule has 170 valence electrons. The molecule has 0 saturated carbocycles. The quantitative estimate of drug-likeness (QED) is 0.352. The van der Waals surface area contributed by atoms with Crippen LogP contribution in [0.15, 0.2) is 36.4 Å². The Kier molecular flexibility index (Phi) is 6.64. The molecule has 32 heavy (non-hydrogen) atoms. The number of nitrogens with zero attached hydrogens (tertiary/aromatic N) is 2. The van der Waals surface area contributed by atoms with Crippen LogP contribution < -0.4 is 17.0 Å². The van der Waals surface area contributed by atoms with E-state index in [1.165, 1.54) is 0 Å². The molecular formula is C22H25Cl2N5O3. The topological polar surface area (TPSA) is 114 Å². The Labute approximate surface area is 196 Å². The molecule has 5 N–H and O–H groups in total. The number of carbonyl (C=O) groups excluding carboxylic acids is 2.